The lowest BCUT2D eigenvalue weighted by Crippen LogP contribution is -2.37. The van der Waals surface area contributed by atoms with Gasteiger partial charge in [-0.05, 0) is 36.1 Å². The van der Waals surface area contributed by atoms with Gasteiger partial charge in [0.2, 0.25) is 5.62 Å². The number of morpholine rings is 1. The van der Waals surface area contributed by atoms with Crippen molar-refractivity contribution in [2.45, 2.75) is 45.8 Å². The Morgan fingerprint density at radius 3 is 2.27 bits per heavy atom. The number of ether oxygens (including phenoxy) is 2. The average Bonchev–Trinajstić information content (AvgIpc) is 3.18. The van der Waals surface area contributed by atoms with E-state index >= 15 is 0 Å². The summed E-state index contributed by atoms with van der Waals surface area (Å²) < 4.78 is 45.8. The van der Waals surface area contributed by atoms with Crippen molar-refractivity contribution in [3.8, 4) is 5.75 Å². The summed E-state index contributed by atoms with van der Waals surface area (Å²) in [5, 5.41) is 24.4. The van der Waals surface area contributed by atoms with Crippen molar-refractivity contribution in [2.24, 2.45) is 0 Å². The number of anilines is 1. The van der Waals surface area contributed by atoms with Crippen molar-refractivity contribution in [3.63, 3.8) is 0 Å². The normalized spacial score (nSPS) is 14.1. The largest absolute Gasteiger partial charge is 0.494 e. The molecule has 1 aliphatic rings. The molecular weight excluding hydrogens is 557 g/mol. The van der Waals surface area contributed by atoms with E-state index in [9.17, 15) is 18.0 Å². The van der Waals surface area contributed by atoms with Crippen LogP contribution in [0.3, 0.4) is 0 Å². The number of Topliss-reactive ketones (excluding diaryl/α,β-unsaturated/α-hetero) is 1. The van der Waals surface area contributed by atoms with Gasteiger partial charge in [-0.15, -0.1) is 5.10 Å². The Morgan fingerprint density at radius 1 is 1.15 bits per heavy atom. The summed E-state index contributed by atoms with van der Waals surface area (Å²) in [5.41, 5.74) is 3.41. The second-order valence-electron chi connectivity index (χ2n) is 10.0. The van der Waals surface area contributed by atoms with Crippen molar-refractivity contribution in [1.29, 1.82) is 5.41 Å². The monoisotopic (exact) mass is 586 g/mol. The molecule has 15 heteroatoms. The Hall–Kier alpha value is -3.65. The van der Waals surface area contributed by atoms with Crippen molar-refractivity contribution < 1.29 is 37.3 Å². The smallest absolute Gasteiger partial charge is 0.490 e. The number of nitrogens with one attached hydrogen (secondary N) is 1. The summed E-state index contributed by atoms with van der Waals surface area (Å²) >= 11 is 6.04. The molecule has 0 spiro atoms. The van der Waals surface area contributed by atoms with E-state index in [-0.39, 0.29) is 28.5 Å². The summed E-state index contributed by atoms with van der Waals surface area (Å²) in [7, 11) is 1.66. The van der Waals surface area contributed by atoms with Crippen LogP contribution in [-0.4, -0.2) is 75.8 Å². The van der Waals surface area contributed by atoms with Gasteiger partial charge in [0.15, 0.2) is 16.6 Å². The van der Waals surface area contributed by atoms with Gasteiger partial charge in [0.1, 0.15) is 12.3 Å². The number of carbonyl (C=O) groups excluding carboxylic acids is 1. The van der Waals surface area contributed by atoms with E-state index in [4.69, 9.17) is 36.4 Å². The van der Waals surface area contributed by atoms with Crippen molar-refractivity contribution in [1.82, 2.24) is 19.4 Å². The number of fused-ring (bicyclic) bond motifs is 1. The highest BCUT2D eigenvalue weighted by Gasteiger charge is 2.38. The molecule has 3 aromatic rings. The van der Waals surface area contributed by atoms with Crippen LogP contribution in [0.4, 0.5) is 18.9 Å². The molecule has 0 aliphatic carbocycles. The average molecular weight is 587 g/mol. The van der Waals surface area contributed by atoms with Crippen LogP contribution in [0.2, 0.25) is 5.15 Å². The summed E-state index contributed by atoms with van der Waals surface area (Å²) in [4.78, 5) is 24.5. The first-order valence-electron chi connectivity index (χ1n) is 12.1. The van der Waals surface area contributed by atoms with Gasteiger partial charge < -0.3 is 19.5 Å². The SMILES string of the molecule is COc1c(N2CCOCC2)cc(C(=O)Cn2nc3c(C)cc(Cl)nn3c2=N)cc1C(C)(C)C.O=C(O)C(F)(F)F. The highest BCUT2D eigenvalue weighted by molar-refractivity contribution is 6.29. The zero-order valence-corrected chi connectivity index (χ0v) is 23.4. The topological polar surface area (TPSA) is 135 Å². The van der Waals surface area contributed by atoms with Crippen LogP contribution in [-0.2, 0) is 21.5 Å². The van der Waals surface area contributed by atoms with Gasteiger partial charge >= 0.3 is 12.1 Å². The number of hydrogen-bond donors (Lipinski definition) is 2. The molecule has 1 aliphatic heterocycles. The maximum atomic E-state index is 13.4. The molecule has 218 valence electrons. The molecular formula is C25H30ClF3N6O5. The zero-order chi connectivity index (χ0) is 30.0. The number of methoxy groups -OCH3 is 1. The molecule has 2 aromatic heterocycles. The third-order valence-corrected chi connectivity index (χ3v) is 6.22. The first-order chi connectivity index (χ1) is 18.5. The van der Waals surface area contributed by atoms with Crippen molar-refractivity contribution >= 4 is 34.7 Å². The number of carbonyl (C=O) groups is 2. The maximum absolute atomic E-state index is 13.4. The van der Waals surface area contributed by atoms with Gasteiger partial charge in [-0.3, -0.25) is 10.2 Å². The Kier molecular flexibility index (Phi) is 9.14. The van der Waals surface area contributed by atoms with E-state index < -0.39 is 12.1 Å². The molecule has 4 rings (SSSR count). The van der Waals surface area contributed by atoms with Gasteiger partial charge in [0, 0.05) is 24.2 Å². The lowest BCUT2D eigenvalue weighted by molar-refractivity contribution is -0.192. The third-order valence-electron chi connectivity index (χ3n) is 6.04. The van der Waals surface area contributed by atoms with Crippen molar-refractivity contribution in [2.75, 3.05) is 38.3 Å². The van der Waals surface area contributed by atoms with Gasteiger partial charge in [-0.2, -0.15) is 22.8 Å². The number of hydrogen-bond acceptors (Lipinski definition) is 8. The Bertz CT molecular complexity index is 1470. The van der Waals surface area contributed by atoms with Gasteiger partial charge in [0.05, 0.1) is 26.0 Å². The number of carboxylic acids is 1. The number of carboxylic acid groups (broad SMARTS) is 1. The summed E-state index contributed by atoms with van der Waals surface area (Å²) in [6.07, 6.45) is -5.08. The Morgan fingerprint density at radius 2 is 1.75 bits per heavy atom. The minimum absolute atomic E-state index is 0.0121. The number of benzene rings is 1. The molecule has 11 nitrogen and oxygen atoms in total. The molecule has 0 atom stereocenters. The van der Waals surface area contributed by atoms with E-state index in [1.54, 1.807) is 13.2 Å². The summed E-state index contributed by atoms with van der Waals surface area (Å²) in [5.74, 6) is -2.13. The molecule has 2 N–H and O–H groups in total. The number of alkyl halides is 3. The molecule has 40 heavy (non-hydrogen) atoms. The highest BCUT2D eigenvalue weighted by atomic mass is 35.5. The van der Waals surface area contributed by atoms with Crippen molar-refractivity contribution in [3.05, 3.63) is 45.7 Å². The zero-order valence-electron chi connectivity index (χ0n) is 22.6. The molecule has 3 heterocycles. The minimum Gasteiger partial charge on any atom is -0.494 e. The Labute approximate surface area is 232 Å². The number of ketones is 1. The van der Waals surface area contributed by atoms with Crippen LogP contribution in [0, 0.1) is 12.3 Å². The fourth-order valence-electron chi connectivity index (χ4n) is 4.04. The lowest BCUT2D eigenvalue weighted by atomic mass is 9.84. The van der Waals surface area contributed by atoms with Crippen LogP contribution in [0.25, 0.3) is 5.65 Å². The number of nitrogens with zero attached hydrogens (tertiary/aromatic N) is 5. The fourth-order valence-corrected chi connectivity index (χ4v) is 4.28. The number of aromatic nitrogens is 4. The predicted octanol–water partition coefficient (Wildman–Crippen LogP) is 3.63. The van der Waals surface area contributed by atoms with Gasteiger partial charge in [-0.25, -0.2) is 9.48 Å². The number of aliphatic carboxylic acids is 1. The summed E-state index contributed by atoms with van der Waals surface area (Å²) in [6.45, 7) is 10.7. The molecule has 0 radical (unpaired) electrons. The van der Waals surface area contributed by atoms with E-state index in [2.05, 4.69) is 35.9 Å². The maximum Gasteiger partial charge on any atom is 0.490 e. The Balaban J connectivity index is 0.000000559. The van der Waals surface area contributed by atoms with E-state index in [0.717, 1.165) is 35.7 Å². The van der Waals surface area contributed by atoms with Gasteiger partial charge in [-0.1, -0.05) is 32.4 Å². The molecule has 1 aromatic carbocycles. The molecule has 1 fully saturated rings. The van der Waals surface area contributed by atoms with Crippen LogP contribution in [0.15, 0.2) is 18.2 Å². The van der Waals surface area contributed by atoms with Crippen LogP contribution in [0.1, 0.15) is 42.3 Å². The second kappa shape index (κ2) is 11.8. The first-order valence-corrected chi connectivity index (χ1v) is 12.5. The van der Waals surface area contributed by atoms with Crippen LogP contribution < -0.4 is 15.3 Å². The highest BCUT2D eigenvalue weighted by Crippen LogP contribution is 2.40. The van der Waals surface area contributed by atoms with Crippen LogP contribution in [0.5, 0.6) is 5.75 Å². The number of aryl methyl sites for hydroxylation is 1. The molecule has 1 saturated heterocycles. The third kappa shape index (κ3) is 6.91. The molecule has 0 unspecified atom stereocenters. The molecule has 0 amide bonds. The van der Waals surface area contributed by atoms with E-state index in [1.807, 2.05) is 19.1 Å². The van der Waals surface area contributed by atoms with E-state index in [1.165, 1.54) is 9.20 Å². The quantitative estimate of drug-likeness (QED) is 0.433. The number of halogens is 4. The van der Waals surface area contributed by atoms with Gasteiger partial charge in [0.25, 0.3) is 0 Å². The first kappa shape index (κ1) is 30.9. The molecule has 0 bridgehead atoms. The standard InChI is InChI=1S/C23H29ClN6O3.C2HF3O2/c1-14-10-19(24)26-30-21(14)27-29(22(30)25)13-18(31)15-11-16(23(2,3)4)20(32-5)17(12-15)28-6-8-33-9-7-28;3-2(4,5)1(6)7/h10-12,25H,6-9,13H2,1-5H3;(H,6,7). The summed E-state index contributed by atoms with van der Waals surface area (Å²) in [6, 6.07) is 5.46. The fraction of sp³-hybridized carbons (Fsp3) is 0.480. The second-order valence-corrected chi connectivity index (χ2v) is 10.4. The van der Waals surface area contributed by atoms with Crippen LogP contribution >= 0.6 is 11.6 Å². The minimum atomic E-state index is -5.08. The number of rotatable bonds is 5. The lowest BCUT2D eigenvalue weighted by Gasteiger charge is -2.33. The predicted molar refractivity (Wildman–Crippen MR) is 139 cm³/mol. The van der Waals surface area contributed by atoms with E-state index in [0.29, 0.717) is 24.4 Å². The molecule has 0 saturated carbocycles.